The molecule has 0 aromatic carbocycles. The molecule has 2 aromatic heterocycles. The molecule has 10 heteroatoms. The van der Waals surface area contributed by atoms with Gasteiger partial charge in [0.1, 0.15) is 15.6 Å². The van der Waals surface area contributed by atoms with Crippen molar-refractivity contribution in [1.29, 1.82) is 0 Å². The zero-order valence-electron chi connectivity index (χ0n) is 12.4. The van der Waals surface area contributed by atoms with Crippen LogP contribution in [0.25, 0.3) is 0 Å². The molecule has 1 fully saturated rings. The first-order valence-corrected chi connectivity index (χ1v) is 10.2. The fraction of sp³-hybridized carbons (Fsp3) is 0.286. The molecule has 3 heterocycles. The number of rotatable bonds is 5. The predicted octanol–water partition coefficient (Wildman–Crippen LogP) is 3.00. The van der Waals surface area contributed by atoms with E-state index in [1.165, 1.54) is 18.3 Å². The molecular formula is C14H14BrN3O4S2. The van der Waals surface area contributed by atoms with Crippen LogP contribution in [0, 0.1) is 0 Å². The Morgan fingerprint density at radius 1 is 1.33 bits per heavy atom. The summed E-state index contributed by atoms with van der Waals surface area (Å²) in [6.07, 6.45) is 3.32. The topological polar surface area (TPSA) is 99.6 Å². The van der Waals surface area contributed by atoms with Gasteiger partial charge in [0.25, 0.3) is 10.0 Å². The van der Waals surface area contributed by atoms with Crippen LogP contribution in [0.4, 0.5) is 11.5 Å². The summed E-state index contributed by atoms with van der Waals surface area (Å²) in [6.45, 7) is 1.50. The Bertz CT molecular complexity index is 876. The normalized spacial score (nSPS) is 14.8. The van der Waals surface area contributed by atoms with Crippen molar-refractivity contribution in [2.75, 3.05) is 22.7 Å². The summed E-state index contributed by atoms with van der Waals surface area (Å²) >= 11 is 4.29. The third-order valence-corrected chi connectivity index (χ3v) is 7.07. The van der Waals surface area contributed by atoms with E-state index in [4.69, 9.17) is 0 Å². The molecule has 128 valence electrons. The minimum atomic E-state index is -3.77. The Morgan fingerprint density at radius 3 is 2.62 bits per heavy atom. The van der Waals surface area contributed by atoms with Gasteiger partial charge in [-0.3, -0.25) is 4.72 Å². The van der Waals surface area contributed by atoms with E-state index in [9.17, 15) is 18.3 Å². The number of pyridine rings is 1. The van der Waals surface area contributed by atoms with Gasteiger partial charge in [0.2, 0.25) is 0 Å². The minimum absolute atomic E-state index is 0.00976. The van der Waals surface area contributed by atoms with Crippen molar-refractivity contribution < 1.29 is 18.3 Å². The zero-order valence-corrected chi connectivity index (χ0v) is 15.6. The fourth-order valence-electron chi connectivity index (χ4n) is 2.50. The van der Waals surface area contributed by atoms with Crippen LogP contribution in [0.15, 0.2) is 32.4 Å². The number of nitrogens with zero attached hydrogens (tertiary/aromatic N) is 2. The van der Waals surface area contributed by atoms with Crippen LogP contribution >= 0.6 is 27.3 Å². The smallest absolute Gasteiger partial charge is 0.339 e. The molecule has 0 radical (unpaired) electrons. The number of thiophene rings is 1. The lowest BCUT2D eigenvalue weighted by Crippen LogP contribution is -2.22. The summed E-state index contributed by atoms with van der Waals surface area (Å²) in [4.78, 5) is 17.6. The number of anilines is 2. The van der Waals surface area contributed by atoms with Crippen molar-refractivity contribution in [3.05, 3.63) is 33.7 Å². The molecule has 1 saturated heterocycles. The molecule has 3 rings (SSSR count). The van der Waals surface area contributed by atoms with Gasteiger partial charge in [-0.05, 0) is 47.0 Å². The average molecular weight is 432 g/mol. The second kappa shape index (κ2) is 6.69. The molecule has 0 aliphatic carbocycles. The molecule has 1 aliphatic rings. The highest BCUT2D eigenvalue weighted by Crippen LogP contribution is 2.29. The Morgan fingerprint density at radius 2 is 2.04 bits per heavy atom. The summed E-state index contributed by atoms with van der Waals surface area (Å²) in [7, 11) is -3.77. The van der Waals surface area contributed by atoms with Crippen LogP contribution in [0.3, 0.4) is 0 Å². The molecule has 0 saturated carbocycles. The van der Waals surface area contributed by atoms with E-state index in [0.29, 0.717) is 9.60 Å². The first kappa shape index (κ1) is 17.2. The van der Waals surface area contributed by atoms with Crippen molar-refractivity contribution in [3.63, 3.8) is 0 Å². The van der Waals surface area contributed by atoms with Crippen molar-refractivity contribution in [1.82, 2.24) is 4.98 Å². The Balaban J connectivity index is 1.91. The molecular weight excluding hydrogens is 418 g/mol. The molecule has 0 spiro atoms. The quantitative estimate of drug-likeness (QED) is 0.754. The van der Waals surface area contributed by atoms with E-state index in [-0.39, 0.29) is 15.5 Å². The Kier molecular flexibility index (Phi) is 4.79. The number of hydrogen-bond acceptors (Lipinski definition) is 6. The van der Waals surface area contributed by atoms with Gasteiger partial charge < -0.3 is 10.0 Å². The molecule has 0 unspecified atom stereocenters. The summed E-state index contributed by atoms with van der Waals surface area (Å²) in [5.74, 6) is -0.758. The number of carboxylic acids is 1. The maximum Gasteiger partial charge on any atom is 0.339 e. The van der Waals surface area contributed by atoms with Gasteiger partial charge in [-0.15, -0.1) is 11.3 Å². The van der Waals surface area contributed by atoms with E-state index in [1.807, 2.05) is 4.90 Å². The highest BCUT2D eigenvalue weighted by atomic mass is 79.9. The number of aromatic carboxylic acids is 1. The van der Waals surface area contributed by atoms with Gasteiger partial charge in [-0.25, -0.2) is 18.2 Å². The standard InChI is InChI=1S/C14H14BrN3O4S2/c15-11-3-4-12(23-11)24(21,22)17-9-7-10(14(19)20)13(16-8-9)18-5-1-2-6-18/h3-4,7-8,17H,1-2,5-6H2,(H,19,20). The molecule has 24 heavy (non-hydrogen) atoms. The number of hydrogen-bond donors (Lipinski definition) is 2. The lowest BCUT2D eigenvalue weighted by molar-refractivity contribution is 0.0697. The number of halogens is 1. The molecule has 7 nitrogen and oxygen atoms in total. The molecule has 2 aromatic rings. The van der Waals surface area contributed by atoms with Crippen molar-refractivity contribution in [3.8, 4) is 0 Å². The van der Waals surface area contributed by atoms with E-state index in [1.54, 1.807) is 6.07 Å². The Labute approximate surface area is 151 Å². The lowest BCUT2D eigenvalue weighted by atomic mass is 10.2. The van der Waals surface area contributed by atoms with Gasteiger partial charge in [0.05, 0.1) is 15.7 Å². The van der Waals surface area contributed by atoms with E-state index < -0.39 is 16.0 Å². The third-order valence-electron chi connectivity index (χ3n) is 3.57. The van der Waals surface area contributed by atoms with Crippen LogP contribution < -0.4 is 9.62 Å². The van der Waals surface area contributed by atoms with Crippen molar-refractivity contribution in [2.45, 2.75) is 17.1 Å². The molecule has 2 N–H and O–H groups in total. The number of sulfonamides is 1. The molecule has 0 bridgehead atoms. The molecule has 1 aliphatic heterocycles. The van der Waals surface area contributed by atoms with Crippen LogP contribution in [-0.4, -0.2) is 37.6 Å². The minimum Gasteiger partial charge on any atom is -0.478 e. The highest BCUT2D eigenvalue weighted by molar-refractivity contribution is 9.11. The van der Waals surface area contributed by atoms with Gasteiger partial charge in [0.15, 0.2) is 0 Å². The molecule has 0 atom stereocenters. The summed E-state index contributed by atoms with van der Waals surface area (Å²) < 4.78 is 27.9. The van der Waals surface area contributed by atoms with Crippen LogP contribution in [0.1, 0.15) is 23.2 Å². The third kappa shape index (κ3) is 3.55. The predicted molar refractivity (Wildman–Crippen MR) is 95.5 cm³/mol. The van der Waals surface area contributed by atoms with E-state index in [2.05, 4.69) is 25.6 Å². The highest BCUT2D eigenvalue weighted by Gasteiger charge is 2.23. The second-order valence-corrected chi connectivity index (χ2v) is 9.63. The maximum atomic E-state index is 12.3. The zero-order chi connectivity index (χ0) is 17.3. The van der Waals surface area contributed by atoms with E-state index in [0.717, 1.165) is 37.3 Å². The van der Waals surface area contributed by atoms with Crippen LogP contribution in [0.5, 0.6) is 0 Å². The monoisotopic (exact) mass is 431 g/mol. The molecule has 0 amide bonds. The van der Waals surface area contributed by atoms with Crippen LogP contribution in [0.2, 0.25) is 0 Å². The van der Waals surface area contributed by atoms with Crippen molar-refractivity contribution >= 4 is 54.8 Å². The summed E-state index contributed by atoms with van der Waals surface area (Å²) in [5, 5.41) is 9.42. The first-order chi connectivity index (χ1) is 11.4. The van der Waals surface area contributed by atoms with Gasteiger partial charge in [0, 0.05) is 13.1 Å². The van der Waals surface area contributed by atoms with E-state index >= 15 is 0 Å². The Hall–Kier alpha value is -1.65. The lowest BCUT2D eigenvalue weighted by Gasteiger charge is -2.19. The van der Waals surface area contributed by atoms with Gasteiger partial charge in [-0.1, -0.05) is 0 Å². The number of nitrogens with one attached hydrogen (secondary N) is 1. The largest absolute Gasteiger partial charge is 0.478 e. The number of carboxylic acid groups (broad SMARTS) is 1. The van der Waals surface area contributed by atoms with Gasteiger partial charge >= 0.3 is 5.97 Å². The summed E-state index contributed by atoms with van der Waals surface area (Å²) in [5.41, 5.74) is 0.115. The SMILES string of the molecule is O=C(O)c1cc(NS(=O)(=O)c2ccc(Br)s2)cnc1N1CCCC1. The number of aromatic nitrogens is 1. The first-order valence-electron chi connectivity index (χ1n) is 7.13. The maximum absolute atomic E-state index is 12.3. The van der Waals surface area contributed by atoms with Gasteiger partial charge in [-0.2, -0.15) is 0 Å². The average Bonchev–Trinajstić information content (AvgIpc) is 3.18. The summed E-state index contributed by atoms with van der Waals surface area (Å²) in [6, 6.07) is 4.42. The number of carbonyl (C=O) groups is 1. The fourth-order valence-corrected chi connectivity index (χ4v) is 5.54. The second-order valence-electron chi connectivity index (χ2n) is 5.26. The van der Waals surface area contributed by atoms with Crippen molar-refractivity contribution in [2.24, 2.45) is 0 Å². The van der Waals surface area contributed by atoms with Crippen LogP contribution in [-0.2, 0) is 10.0 Å².